The molecule has 4 atom stereocenters. The van der Waals surface area contributed by atoms with Crippen molar-refractivity contribution in [1.29, 1.82) is 0 Å². The van der Waals surface area contributed by atoms with Crippen molar-refractivity contribution in [3.63, 3.8) is 0 Å². The molecule has 0 saturated carbocycles. The molecular formula is C52H68N2O8+2. The molecule has 6 rings (SSSR count). The summed E-state index contributed by atoms with van der Waals surface area (Å²) >= 11 is 0. The molecule has 0 bridgehead atoms. The second kappa shape index (κ2) is 22.2. The number of fused-ring (bicyclic) bond motifs is 2. The van der Waals surface area contributed by atoms with Crippen LogP contribution in [-0.2, 0) is 45.0 Å². The van der Waals surface area contributed by atoms with Crippen LogP contribution in [0.2, 0.25) is 0 Å². The summed E-state index contributed by atoms with van der Waals surface area (Å²) in [6.07, 6.45) is 9.16. The number of rotatable bonds is 22. The van der Waals surface area contributed by atoms with E-state index < -0.39 is 0 Å². The highest BCUT2D eigenvalue weighted by Crippen LogP contribution is 2.42. The van der Waals surface area contributed by atoms with E-state index in [1.807, 2.05) is 12.2 Å². The van der Waals surface area contributed by atoms with E-state index in [2.05, 4.69) is 99.0 Å². The average molecular weight is 849 g/mol. The van der Waals surface area contributed by atoms with Gasteiger partial charge in [0.1, 0.15) is 13.1 Å². The first-order valence-electron chi connectivity index (χ1n) is 22.2. The SMILES string of the molecule is COc1cc2c(cc1OC)C(Cc1ccccc1)C[N+](C)(CCCOC(=O)CC/C=C/CCC(=O)OCCC[N+]1(C)Cc3cc(OC)c(OC)cc3C(Cc3ccccc3)C1)C2. The summed E-state index contributed by atoms with van der Waals surface area (Å²) in [6, 6.07) is 29.9. The Morgan fingerprint density at radius 2 is 0.935 bits per heavy atom. The number of carbonyl (C=O) groups is 2. The van der Waals surface area contributed by atoms with Gasteiger partial charge in [-0.3, -0.25) is 9.59 Å². The molecule has 4 aromatic rings. The van der Waals surface area contributed by atoms with Gasteiger partial charge in [0.25, 0.3) is 0 Å². The predicted octanol–water partition coefficient (Wildman–Crippen LogP) is 8.98. The summed E-state index contributed by atoms with van der Waals surface area (Å²) in [4.78, 5) is 25.2. The van der Waals surface area contributed by atoms with Crippen LogP contribution in [0.4, 0.5) is 0 Å². The quantitative estimate of drug-likeness (QED) is 0.0336. The van der Waals surface area contributed by atoms with E-state index in [0.29, 0.717) is 50.7 Å². The molecule has 10 heteroatoms. The summed E-state index contributed by atoms with van der Waals surface area (Å²) < 4.78 is 35.7. The molecule has 2 aliphatic heterocycles. The summed E-state index contributed by atoms with van der Waals surface area (Å²) in [5.41, 5.74) is 7.83. The zero-order valence-electron chi connectivity index (χ0n) is 37.9. The number of ether oxygens (including phenoxy) is 6. The van der Waals surface area contributed by atoms with E-state index in [9.17, 15) is 9.59 Å². The van der Waals surface area contributed by atoms with Gasteiger partial charge in [-0.25, -0.2) is 0 Å². The van der Waals surface area contributed by atoms with Crippen molar-refractivity contribution in [3.8, 4) is 23.0 Å². The Hall–Kier alpha value is -5.32. The largest absolute Gasteiger partial charge is 0.493 e. The molecule has 0 spiro atoms. The number of likely N-dealkylation sites (N-methyl/N-ethyl adjacent to an activating group) is 2. The summed E-state index contributed by atoms with van der Waals surface area (Å²) in [5.74, 6) is 3.29. The van der Waals surface area contributed by atoms with Crippen LogP contribution in [0.5, 0.6) is 23.0 Å². The zero-order valence-corrected chi connectivity index (χ0v) is 37.9. The number of carbonyl (C=O) groups excluding carboxylic acids is 2. The van der Waals surface area contributed by atoms with Gasteiger partial charge in [0.15, 0.2) is 23.0 Å². The van der Waals surface area contributed by atoms with Crippen LogP contribution < -0.4 is 18.9 Å². The number of hydrogen-bond donors (Lipinski definition) is 0. The number of esters is 2. The molecule has 4 unspecified atom stereocenters. The molecule has 0 radical (unpaired) electrons. The van der Waals surface area contributed by atoms with Crippen LogP contribution in [0, 0.1) is 0 Å². The summed E-state index contributed by atoms with van der Waals surface area (Å²) in [6.45, 7) is 6.32. The van der Waals surface area contributed by atoms with Crippen LogP contribution in [0.25, 0.3) is 0 Å². The number of allylic oxidation sites excluding steroid dienone is 2. The Balaban J connectivity index is 0.879. The molecule has 10 nitrogen and oxygen atoms in total. The fraction of sp³-hybridized carbons (Fsp3) is 0.462. The summed E-state index contributed by atoms with van der Waals surface area (Å²) in [5, 5.41) is 0. The lowest BCUT2D eigenvalue weighted by Crippen LogP contribution is -2.50. The molecule has 4 aromatic carbocycles. The van der Waals surface area contributed by atoms with Gasteiger partial charge in [-0.2, -0.15) is 0 Å². The molecule has 0 saturated heterocycles. The van der Waals surface area contributed by atoms with E-state index in [1.165, 1.54) is 33.4 Å². The maximum atomic E-state index is 12.6. The molecule has 2 heterocycles. The molecule has 62 heavy (non-hydrogen) atoms. The molecule has 332 valence electrons. The Bertz CT molecular complexity index is 1960. The third kappa shape index (κ3) is 12.6. The van der Waals surface area contributed by atoms with Crippen molar-refractivity contribution >= 4 is 11.9 Å². The maximum Gasteiger partial charge on any atom is 0.306 e. The topological polar surface area (TPSA) is 89.5 Å². The van der Waals surface area contributed by atoms with Gasteiger partial charge in [0.2, 0.25) is 0 Å². The minimum atomic E-state index is -0.196. The van der Waals surface area contributed by atoms with E-state index in [1.54, 1.807) is 28.4 Å². The lowest BCUT2D eigenvalue weighted by molar-refractivity contribution is -0.926. The van der Waals surface area contributed by atoms with Gasteiger partial charge in [-0.05, 0) is 72.2 Å². The first kappa shape index (κ1) is 46.2. The van der Waals surface area contributed by atoms with Crippen molar-refractivity contribution in [2.75, 3.05) is 81.9 Å². The number of methoxy groups -OCH3 is 4. The van der Waals surface area contributed by atoms with Gasteiger partial charge < -0.3 is 37.4 Å². The second-order valence-corrected chi connectivity index (χ2v) is 17.6. The van der Waals surface area contributed by atoms with Gasteiger partial charge >= 0.3 is 11.9 Å². The third-order valence-corrected chi connectivity index (χ3v) is 12.7. The Morgan fingerprint density at radius 1 is 0.565 bits per heavy atom. The van der Waals surface area contributed by atoms with E-state index >= 15 is 0 Å². The molecular weight excluding hydrogens is 781 g/mol. The first-order chi connectivity index (χ1) is 30.0. The molecule has 0 aliphatic carbocycles. The molecule has 0 fully saturated rings. The van der Waals surface area contributed by atoms with Crippen molar-refractivity contribution in [3.05, 3.63) is 130 Å². The zero-order chi connectivity index (χ0) is 44.0. The predicted molar refractivity (Wildman–Crippen MR) is 243 cm³/mol. The first-order valence-corrected chi connectivity index (χ1v) is 22.2. The number of benzene rings is 4. The number of nitrogens with zero attached hydrogens (tertiary/aromatic N) is 2. The fourth-order valence-electron chi connectivity index (χ4n) is 9.65. The highest BCUT2D eigenvalue weighted by atomic mass is 16.5. The number of hydrogen-bond acceptors (Lipinski definition) is 8. The minimum Gasteiger partial charge on any atom is -0.493 e. The van der Waals surface area contributed by atoms with Crippen molar-refractivity contribution in [1.82, 2.24) is 0 Å². The Kier molecular flexibility index (Phi) is 16.5. The van der Waals surface area contributed by atoms with Crippen molar-refractivity contribution in [2.45, 2.75) is 76.3 Å². The summed E-state index contributed by atoms with van der Waals surface area (Å²) in [7, 11) is 11.3. The standard InChI is InChI=1S/C52H68N2O8/c1-53(35-41(29-39-19-11-9-12-20-39)45-33-49(59-5)47(57-3)31-43(45)37-53)25-17-27-61-51(55)23-15-7-8-16-24-52(56)62-28-18-26-54(2)36-42(30-40-21-13-10-14-22-40)46-34-50(60-6)48(58-4)32-44(46)38-54/h7-14,19-22,31-34,41-42H,15-18,23-30,35-38H2,1-6H3/q+2/b8-7+. The van der Waals surface area contributed by atoms with E-state index in [-0.39, 0.29) is 11.9 Å². The monoisotopic (exact) mass is 848 g/mol. The van der Waals surface area contributed by atoms with Crippen LogP contribution in [0.3, 0.4) is 0 Å². The molecule has 0 amide bonds. The van der Waals surface area contributed by atoms with Crippen molar-refractivity contribution in [2.24, 2.45) is 0 Å². The van der Waals surface area contributed by atoms with Crippen molar-refractivity contribution < 1.29 is 47.0 Å². The minimum absolute atomic E-state index is 0.196. The third-order valence-electron chi connectivity index (χ3n) is 12.7. The smallest absolute Gasteiger partial charge is 0.306 e. The molecule has 2 aliphatic rings. The highest BCUT2D eigenvalue weighted by Gasteiger charge is 2.37. The highest BCUT2D eigenvalue weighted by molar-refractivity contribution is 5.70. The van der Waals surface area contributed by atoms with Crippen LogP contribution >= 0.6 is 0 Å². The molecule has 0 aromatic heterocycles. The van der Waals surface area contributed by atoms with Gasteiger partial charge in [-0.1, -0.05) is 72.8 Å². The lowest BCUT2D eigenvalue weighted by Gasteiger charge is -2.43. The Labute approximate surface area is 369 Å². The number of quaternary nitrogens is 2. The van der Waals surface area contributed by atoms with Crippen LogP contribution in [0.15, 0.2) is 97.1 Å². The van der Waals surface area contributed by atoms with E-state index in [4.69, 9.17) is 28.4 Å². The van der Waals surface area contributed by atoms with Gasteiger partial charge in [-0.15, -0.1) is 0 Å². The molecule has 0 N–H and O–H groups in total. The normalized spacial score (nSPS) is 20.5. The van der Waals surface area contributed by atoms with Crippen LogP contribution in [-0.4, -0.2) is 103 Å². The van der Waals surface area contributed by atoms with Gasteiger partial charge in [0.05, 0.1) is 81.9 Å². The second-order valence-electron chi connectivity index (χ2n) is 17.6. The maximum absolute atomic E-state index is 12.6. The Morgan fingerprint density at radius 3 is 1.31 bits per heavy atom. The van der Waals surface area contributed by atoms with E-state index in [0.717, 1.165) is 96.9 Å². The van der Waals surface area contributed by atoms with Gasteiger partial charge in [0, 0.05) is 48.6 Å². The lowest BCUT2D eigenvalue weighted by atomic mass is 9.83. The van der Waals surface area contributed by atoms with Crippen LogP contribution in [0.1, 0.15) is 83.7 Å². The average Bonchev–Trinajstić information content (AvgIpc) is 3.27. The fourth-order valence-corrected chi connectivity index (χ4v) is 9.65.